The molecule has 136 valence electrons. The van der Waals surface area contributed by atoms with Gasteiger partial charge in [0, 0.05) is 30.4 Å². The molecule has 0 spiro atoms. The standard InChI is InChI=1S/C20H24N4O2/c1-19(2,3)26-18(25)24-12-15-8-16(23-11-14(9-21)10-22)6-7-17(15)20(4,5)13-24/h6-8,11,23H,12-13H2,1-5H3. The first-order valence-corrected chi connectivity index (χ1v) is 8.44. The van der Waals surface area contributed by atoms with Gasteiger partial charge in [0.15, 0.2) is 0 Å². The Morgan fingerprint density at radius 3 is 2.54 bits per heavy atom. The van der Waals surface area contributed by atoms with Crippen LogP contribution in [0, 0.1) is 22.7 Å². The van der Waals surface area contributed by atoms with Crippen LogP contribution in [0.4, 0.5) is 10.5 Å². The molecule has 1 amide bonds. The van der Waals surface area contributed by atoms with Gasteiger partial charge in [-0.05, 0) is 44.0 Å². The van der Waals surface area contributed by atoms with Crippen molar-refractivity contribution in [1.29, 1.82) is 10.5 Å². The number of rotatable bonds is 2. The molecule has 0 aromatic heterocycles. The number of amides is 1. The summed E-state index contributed by atoms with van der Waals surface area (Å²) in [4.78, 5) is 14.2. The summed E-state index contributed by atoms with van der Waals surface area (Å²) in [7, 11) is 0. The Morgan fingerprint density at radius 2 is 1.96 bits per heavy atom. The van der Waals surface area contributed by atoms with Gasteiger partial charge < -0.3 is 15.0 Å². The van der Waals surface area contributed by atoms with Crippen molar-refractivity contribution in [3.8, 4) is 12.1 Å². The Hall–Kier alpha value is -2.99. The van der Waals surface area contributed by atoms with Crippen LogP contribution < -0.4 is 5.32 Å². The van der Waals surface area contributed by atoms with Crippen molar-refractivity contribution >= 4 is 11.8 Å². The van der Waals surface area contributed by atoms with Gasteiger partial charge in [-0.25, -0.2) is 4.79 Å². The largest absolute Gasteiger partial charge is 0.444 e. The van der Waals surface area contributed by atoms with Crippen molar-refractivity contribution in [1.82, 2.24) is 4.90 Å². The number of nitrogens with one attached hydrogen (secondary N) is 1. The molecule has 0 atom stereocenters. The van der Waals surface area contributed by atoms with E-state index in [0.29, 0.717) is 13.1 Å². The molecule has 1 N–H and O–H groups in total. The van der Waals surface area contributed by atoms with Crippen molar-refractivity contribution in [2.75, 3.05) is 11.9 Å². The average Bonchev–Trinajstić information content (AvgIpc) is 2.53. The Morgan fingerprint density at radius 1 is 1.31 bits per heavy atom. The highest BCUT2D eigenvalue weighted by molar-refractivity contribution is 5.69. The summed E-state index contributed by atoms with van der Waals surface area (Å²) in [6.07, 6.45) is 1.05. The first kappa shape index (κ1) is 19.3. The predicted molar refractivity (Wildman–Crippen MR) is 99.0 cm³/mol. The number of hydrogen-bond donors (Lipinski definition) is 1. The molecule has 1 aromatic rings. The van der Waals surface area contributed by atoms with E-state index >= 15 is 0 Å². The number of anilines is 1. The molecule has 0 aliphatic carbocycles. The number of carbonyl (C=O) groups excluding carboxylic acids is 1. The summed E-state index contributed by atoms with van der Waals surface area (Å²) in [5, 5.41) is 20.6. The van der Waals surface area contributed by atoms with E-state index in [2.05, 4.69) is 19.2 Å². The fourth-order valence-electron chi connectivity index (χ4n) is 3.00. The summed E-state index contributed by atoms with van der Waals surface area (Å²) in [5.41, 5.74) is 2.20. The number of allylic oxidation sites excluding steroid dienone is 1. The van der Waals surface area contributed by atoms with Crippen LogP contribution in [-0.4, -0.2) is 23.1 Å². The SMILES string of the molecule is CC(C)(C)OC(=O)N1Cc2cc(NC=C(C#N)C#N)ccc2C(C)(C)C1. The van der Waals surface area contributed by atoms with Gasteiger partial charge in [0.05, 0.1) is 0 Å². The molecule has 6 heteroatoms. The number of hydrogen-bond acceptors (Lipinski definition) is 5. The number of ether oxygens (including phenoxy) is 1. The highest BCUT2D eigenvalue weighted by Crippen LogP contribution is 2.35. The number of carbonyl (C=O) groups is 1. The summed E-state index contributed by atoms with van der Waals surface area (Å²) in [5.74, 6) is 0. The molecule has 0 radical (unpaired) electrons. The fourth-order valence-corrected chi connectivity index (χ4v) is 3.00. The molecule has 1 aliphatic rings. The van der Waals surface area contributed by atoms with Gasteiger partial charge in [0.25, 0.3) is 0 Å². The summed E-state index contributed by atoms with van der Waals surface area (Å²) < 4.78 is 5.51. The molecular formula is C20H24N4O2. The van der Waals surface area contributed by atoms with Gasteiger partial charge in [-0.3, -0.25) is 0 Å². The molecule has 1 aromatic carbocycles. The summed E-state index contributed by atoms with van der Waals surface area (Å²) in [6, 6.07) is 9.49. The molecule has 0 saturated heterocycles. The Kier molecular flexibility index (Phi) is 5.28. The van der Waals surface area contributed by atoms with E-state index in [1.165, 1.54) is 11.8 Å². The van der Waals surface area contributed by atoms with Crippen molar-refractivity contribution in [3.05, 3.63) is 41.1 Å². The maximum Gasteiger partial charge on any atom is 0.410 e. The second kappa shape index (κ2) is 7.09. The van der Waals surface area contributed by atoms with Gasteiger partial charge in [-0.2, -0.15) is 10.5 Å². The predicted octanol–water partition coefficient (Wildman–Crippen LogP) is 4.06. The minimum Gasteiger partial charge on any atom is -0.444 e. The fraction of sp³-hybridized carbons (Fsp3) is 0.450. The third-order valence-corrected chi connectivity index (χ3v) is 4.06. The number of fused-ring (bicyclic) bond motifs is 1. The van der Waals surface area contributed by atoms with Gasteiger partial charge in [-0.1, -0.05) is 19.9 Å². The monoisotopic (exact) mass is 352 g/mol. The quantitative estimate of drug-likeness (QED) is 0.811. The number of benzene rings is 1. The van der Waals surface area contributed by atoms with Crippen molar-refractivity contribution in [2.24, 2.45) is 0 Å². The summed E-state index contributed by atoms with van der Waals surface area (Å²) in [6.45, 7) is 10.8. The Labute approximate surface area is 154 Å². The van der Waals surface area contributed by atoms with E-state index in [-0.39, 0.29) is 17.1 Å². The molecule has 0 unspecified atom stereocenters. The molecule has 0 saturated carbocycles. The first-order valence-electron chi connectivity index (χ1n) is 8.44. The van der Waals surface area contributed by atoms with Gasteiger partial charge in [-0.15, -0.1) is 0 Å². The molecule has 0 fully saturated rings. The van der Waals surface area contributed by atoms with Gasteiger partial charge in [0.2, 0.25) is 0 Å². The zero-order valence-electron chi connectivity index (χ0n) is 15.9. The zero-order valence-corrected chi connectivity index (χ0v) is 15.9. The molecule has 6 nitrogen and oxygen atoms in total. The zero-order chi connectivity index (χ0) is 19.5. The normalized spacial score (nSPS) is 15.1. The molecule has 2 rings (SSSR count). The van der Waals surface area contributed by atoms with E-state index in [4.69, 9.17) is 15.3 Å². The van der Waals surface area contributed by atoms with Crippen LogP contribution in [0.1, 0.15) is 45.7 Å². The van der Waals surface area contributed by atoms with Crippen molar-refractivity contribution in [3.63, 3.8) is 0 Å². The van der Waals surface area contributed by atoms with Crippen LogP contribution >= 0.6 is 0 Å². The topological polar surface area (TPSA) is 89.2 Å². The minimum absolute atomic E-state index is 0.00145. The second-order valence-electron chi connectivity index (χ2n) is 8.02. The molecule has 1 heterocycles. The lowest BCUT2D eigenvalue weighted by Crippen LogP contribution is -2.46. The van der Waals surface area contributed by atoms with E-state index in [1.54, 1.807) is 4.90 Å². The highest BCUT2D eigenvalue weighted by atomic mass is 16.6. The van der Waals surface area contributed by atoms with Crippen LogP contribution in [0.3, 0.4) is 0 Å². The van der Waals surface area contributed by atoms with Crippen LogP contribution in [0.5, 0.6) is 0 Å². The van der Waals surface area contributed by atoms with Crippen LogP contribution in [-0.2, 0) is 16.7 Å². The Balaban J connectivity index is 2.28. The number of nitrogens with zero attached hydrogens (tertiary/aromatic N) is 3. The van der Waals surface area contributed by atoms with E-state index in [9.17, 15) is 4.79 Å². The lowest BCUT2D eigenvalue weighted by atomic mass is 9.78. The van der Waals surface area contributed by atoms with E-state index in [0.717, 1.165) is 11.3 Å². The molecule has 0 bridgehead atoms. The van der Waals surface area contributed by atoms with E-state index in [1.807, 2.05) is 51.1 Å². The average molecular weight is 352 g/mol. The second-order valence-corrected chi connectivity index (χ2v) is 8.02. The smallest absolute Gasteiger partial charge is 0.410 e. The van der Waals surface area contributed by atoms with Crippen molar-refractivity contribution < 1.29 is 9.53 Å². The van der Waals surface area contributed by atoms with E-state index < -0.39 is 5.60 Å². The first-order chi connectivity index (χ1) is 12.1. The maximum atomic E-state index is 12.5. The van der Waals surface area contributed by atoms with Crippen LogP contribution in [0.25, 0.3) is 0 Å². The lowest BCUT2D eigenvalue weighted by Gasteiger charge is -2.40. The minimum atomic E-state index is -0.541. The van der Waals surface area contributed by atoms with Crippen molar-refractivity contribution in [2.45, 2.75) is 52.2 Å². The summed E-state index contributed by atoms with van der Waals surface area (Å²) >= 11 is 0. The van der Waals surface area contributed by atoms with Crippen LogP contribution in [0.2, 0.25) is 0 Å². The molecule has 26 heavy (non-hydrogen) atoms. The van der Waals surface area contributed by atoms with Gasteiger partial charge >= 0.3 is 6.09 Å². The third-order valence-electron chi connectivity index (χ3n) is 4.06. The van der Waals surface area contributed by atoms with Crippen LogP contribution in [0.15, 0.2) is 30.0 Å². The third kappa shape index (κ3) is 4.55. The molecule has 1 aliphatic heterocycles. The molecular weight excluding hydrogens is 328 g/mol. The Bertz CT molecular complexity index is 804. The maximum absolute atomic E-state index is 12.5. The van der Waals surface area contributed by atoms with Gasteiger partial charge in [0.1, 0.15) is 23.3 Å². The lowest BCUT2D eigenvalue weighted by molar-refractivity contribution is 0.0174. The number of nitriles is 2. The highest BCUT2D eigenvalue weighted by Gasteiger charge is 2.35.